The number of hydrogen-bond donors (Lipinski definition) is 3. The summed E-state index contributed by atoms with van der Waals surface area (Å²) >= 11 is 0. The van der Waals surface area contributed by atoms with E-state index in [9.17, 15) is 9.59 Å². The van der Waals surface area contributed by atoms with Gasteiger partial charge in [-0.05, 0) is 31.5 Å². The number of carboxylic acids is 2. The summed E-state index contributed by atoms with van der Waals surface area (Å²) in [5, 5.41) is 24.2. The highest BCUT2D eigenvalue weighted by Crippen LogP contribution is 2.31. The maximum Gasteiger partial charge on any atom is 0.331 e. The fourth-order valence-electron chi connectivity index (χ4n) is 2.10. The van der Waals surface area contributed by atoms with Crippen molar-refractivity contribution in [1.29, 1.82) is 0 Å². The second-order valence-electron chi connectivity index (χ2n) is 5.43. The number of carbonyl (C=O) groups is 2. The summed E-state index contributed by atoms with van der Waals surface area (Å²) in [6.45, 7) is 1.50. The molecule has 0 aliphatic heterocycles. The molecule has 1 atom stereocenters. The van der Waals surface area contributed by atoms with Crippen molar-refractivity contribution in [2.45, 2.75) is 13.3 Å². The maximum absolute atomic E-state index is 10.8. The van der Waals surface area contributed by atoms with E-state index in [0.717, 1.165) is 11.4 Å². The number of H-pyrrole nitrogens is 1. The Balaban J connectivity index is 0.000000175. The molecule has 3 rings (SSSR count). The lowest BCUT2D eigenvalue weighted by Gasteiger charge is -2.23. The molecule has 0 radical (unpaired) electrons. The molecular formula is C17H17N3O4. The Hall–Kier alpha value is -3.22. The van der Waals surface area contributed by atoms with E-state index >= 15 is 0 Å². The van der Waals surface area contributed by atoms with Gasteiger partial charge < -0.3 is 10.2 Å². The van der Waals surface area contributed by atoms with Gasteiger partial charge in [-0.25, -0.2) is 4.79 Å². The lowest BCUT2D eigenvalue weighted by molar-refractivity contribution is -0.145. The summed E-state index contributed by atoms with van der Waals surface area (Å²) in [5.74, 6) is -2.06. The van der Waals surface area contributed by atoms with E-state index in [-0.39, 0.29) is 12.0 Å². The summed E-state index contributed by atoms with van der Waals surface area (Å²) in [5.41, 5.74) is 0.828. The number of aliphatic carboxylic acids is 2. The van der Waals surface area contributed by atoms with Gasteiger partial charge in [0.1, 0.15) is 5.69 Å². The molecule has 124 valence electrons. The number of pyridine rings is 1. The number of nitrogens with zero attached hydrogens (tertiary/aromatic N) is 2. The minimum absolute atomic E-state index is 0.0359. The lowest BCUT2D eigenvalue weighted by Crippen LogP contribution is -2.28. The van der Waals surface area contributed by atoms with Crippen molar-refractivity contribution in [3.63, 3.8) is 0 Å². The minimum Gasteiger partial charge on any atom is -0.481 e. The summed E-state index contributed by atoms with van der Waals surface area (Å²) < 4.78 is 0. The summed E-state index contributed by atoms with van der Waals surface area (Å²) in [6, 6.07) is 7.64. The second kappa shape index (κ2) is 7.36. The number of allylic oxidation sites excluding steroid dienone is 2. The van der Waals surface area contributed by atoms with Gasteiger partial charge in [0.15, 0.2) is 0 Å². The van der Waals surface area contributed by atoms with E-state index in [1.807, 2.05) is 24.3 Å². The van der Waals surface area contributed by atoms with Crippen LogP contribution in [0.5, 0.6) is 0 Å². The second-order valence-corrected chi connectivity index (χ2v) is 5.43. The topological polar surface area (TPSA) is 116 Å². The molecule has 2 heterocycles. The van der Waals surface area contributed by atoms with Crippen LogP contribution in [0.1, 0.15) is 13.3 Å². The average molecular weight is 327 g/mol. The van der Waals surface area contributed by atoms with Crippen LogP contribution in [0, 0.1) is 5.41 Å². The summed E-state index contributed by atoms with van der Waals surface area (Å²) in [6.07, 6.45) is 7.97. The highest BCUT2D eigenvalue weighted by Gasteiger charge is 2.34. The third kappa shape index (κ3) is 4.16. The Bertz CT molecular complexity index is 766. The highest BCUT2D eigenvalue weighted by molar-refractivity contribution is 5.90. The van der Waals surface area contributed by atoms with Gasteiger partial charge in [0.25, 0.3) is 0 Å². The van der Waals surface area contributed by atoms with E-state index in [4.69, 9.17) is 10.2 Å². The minimum atomic E-state index is -1.08. The van der Waals surface area contributed by atoms with Gasteiger partial charge >= 0.3 is 11.9 Å². The predicted molar refractivity (Wildman–Crippen MR) is 87.0 cm³/mol. The van der Waals surface area contributed by atoms with Crippen molar-refractivity contribution >= 4 is 11.9 Å². The van der Waals surface area contributed by atoms with Gasteiger partial charge in [0.05, 0.1) is 11.1 Å². The van der Waals surface area contributed by atoms with Crippen LogP contribution in [0.25, 0.3) is 11.4 Å². The third-order valence-electron chi connectivity index (χ3n) is 3.51. The molecule has 1 aliphatic carbocycles. The lowest BCUT2D eigenvalue weighted by atomic mass is 9.80. The molecule has 24 heavy (non-hydrogen) atoms. The molecule has 1 unspecified atom stereocenters. The molecule has 0 aromatic carbocycles. The van der Waals surface area contributed by atoms with Crippen molar-refractivity contribution < 1.29 is 19.8 Å². The molecule has 0 amide bonds. The van der Waals surface area contributed by atoms with E-state index in [0.29, 0.717) is 0 Å². The largest absolute Gasteiger partial charge is 0.481 e. The van der Waals surface area contributed by atoms with E-state index in [1.165, 1.54) is 25.2 Å². The molecule has 0 saturated heterocycles. The van der Waals surface area contributed by atoms with Crippen molar-refractivity contribution in [2.24, 2.45) is 5.41 Å². The normalized spacial score (nSPS) is 19.0. The van der Waals surface area contributed by atoms with Gasteiger partial charge in [-0.1, -0.05) is 24.3 Å². The first-order chi connectivity index (χ1) is 11.4. The smallest absolute Gasteiger partial charge is 0.331 e. The zero-order valence-corrected chi connectivity index (χ0v) is 13.0. The first kappa shape index (κ1) is 17.1. The summed E-state index contributed by atoms with van der Waals surface area (Å²) in [4.78, 5) is 25.5. The van der Waals surface area contributed by atoms with Crippen LogP contribution in [0.3, 0.4) is 0 Å². The van der Waals surface area contributed by atoms with Crippen molar-refractivity contribution in [1.82, 2.24) is 15.2 Å². The number of hydrogen-bond acceptors (Lipinski definition) is 4. The van der Waals surface area contributed by atoms with Gasteiger partial charge in [-0.15, -0.1) is 0 Å². The molecule has 0 bridgehead atoms. The molecule has 2 aromatic rings. The van der Waals surface area contributed by atoms with Crippen molar-refractivity contribution in [2.75, 3.05) is 0 Å². The Kier molecular flexibility index (Phi) is 5.26. The fraction of sp³-hybridized carbons (Fsp3) is 0.176. The summed E-state index contributed by atoms with van der Waals surface area (Å²) in [7, 11) is 0. The Morgan fingerprint density at radius 1 is 1.21 bits per heavy atom. The van der Waals surface area contributed by atoms with E-state index < -0.39 is 17.4 Å². The zero-order chi connectivity index (χ0) is 17.6. The SMILES string of the molecule is CC1(C(=O)O)C=CC=C(C(=O)O)C1.c1ccc(-c2cc[nH]n2)nc1. The molecule has 2 aromatic heterocycles. The molecule has 7 heteroatoms. The van der Waals surface area contributed by atoms with Gasteiger partial charge in [-0.2, -0.15) is 5.10 Å². The number of aromatic nitrogens is 3. The van der Waals surface area contributed by atoms with E-state index in [2.05, 4.69) is 15.2 Å². The van der Waals surface area contributed by atoms with Crippen LogP contribution >= 0.6 is 0 Å². The fourth-order valence-corrected chi connectivity index (χ4v) is 2.10. The van der Waals surface area contributed by atoms with Gasteiger partial charge in [0.2, 0.25) is 0 Å². The Morgan fingerprint density at radius 2 is 2.00 bits per heavy atom. The third-order valence-corrected chi connectivity index (χ3v) is 3.51. The molecule has 0 saturated carbocycles. The van der Waals surface area contributed by atoms with Crippen LogP contribution in [-0.2, 0) is 9.59 Å². The monoisotopic (exact) mass is 327 g/mol. The molecular weight excluding hydrogens is 310 g/mol. The van der Waals surface area contributed by atoms with Gasteiger partial charge in [-0.3, -0.25) is 14.9 Å². The van der Waals surface area contributed by atoms with Crippen LogP contribution in [0.2, 0.25) is 0 Å². The first-order valence-electron chi connectivity index (χ1n) is 7.18. The number of carboxylic acid groups (broad SMARTS) is 2. The van der Waals surface area contributed by atoms with Crippen LogP contribution < -0.4 is 0 Å². The maximum atomic E-state index is 10.8. The number of nitrogens with one attached hydrogen (secondary N) is 1. The zero-order valence-electron chi connectivity index (χ0n) is 13.0. The molecule has 7 nitrogen and oxygen atoms in total. The van der Waals surface area contributed by atoms with E-state index in [1.54, 1.807) is 12.4 Å². The van der Waals surface area contributed by atoms with Crippen molar-refractivity contribution in [3.8, 4) is 11.4 Å². The number of aromatic amines is 1. The highest BCUT2D eigenvalue weighted by atomic mass is 16.4. The van der Waals surface area contributed by atoms with Crippen LogP contribution in [-0.4, -0.2) is 37.3 Å². The predicted octanol–water partition coefficient (Wildman–Crippen LogP) is 2.52. The standard InChI is InChI=1S/C9H10O4.C8H7N3/c1-9(8(12)13)4-2-3-6(5-9)7(10)11;1-2-5-9-7(3-1)8-4-6-10-11-8/h2-4H,5H2,1H3,(H,10,11)(H,12,13);1-6H,(H,10,11). The Labute approximate surface area is 138 Å². The number of rotatable bonds is 3. The van der Waals surface area contributed by atoms with Crippen LogP contribution in [0.15, 0.2) is 60.5 Å². The van der Waals surface area contributed by atoms with Crippen LogP contribution in [0.4, 0.5) is 0 Å². The first-order valence-corrected chi connectivity index (χ1v) is 7.18. The average Bonchev–Trinajstić information content (AvgIpc) is 3.11. The van der Waals surface area contributed by atoms with Gasteiger partial charge in [0, 0.05) is 18.0 Å². The molecule has 0 fully saturated rings. The molecule has 0 spiro atoms. The quantitative estimate of drug-likeness (QED) is 0.797. The molecule has 1 aliphatic rings. The van der Waals surface area contributed by atoms with Crippen molar-refractivity contribution in [3.05, 3.63) is 60.5 Å². The molecule has 3 N–H and O–H groups in total. The Morgan fingerprint density at radius 3 is 2.54 bits per heavy atom.